The van der Waals surface area contributed by atoms with E-state index in [1.807, 2.05) is 0 Å². The number of hydrogen-bond acceptors (Lipinski definition) is 0. The molecule has 0 aromatic heterocycles. The lowest BCUT2D eigenvalue weighted by Gasteiger charge is -2.21. The summed E-state index contributed by atoms with van der Waals surface area (Å²) in [5, 5.41) is 0. The second-order valence-corrected chi connectivity index (χ2v) is 16.7. The number of unbranched alkanes of at least 4 members (excludes halogenated alkanes) is 38. The fraction of sp³-hybridized carbons (Fsp3) is 1.00. The average molecular weight is 659 g/mol. The monoisotopic (exact) mass is 659 g/mol. The van der Waals surface area contributed by atoms with Crippen molar-refractivity contribution in [2.24, 2.45) is 5.92 Å². The van der Waals surface area contributed by atoms with E-state index in [2.05, 4.69) is 6.92 Å². The van der Waals surface area contributed by atoms with E-state index in [1.165, 1.54) is 270 Å². The molecule has 1 aliphatic rings. The first kappa shape index (κ1) is 45.0. The Balaban J connectivity index is 1.59. The van der Waals surface area contributed by atoms with Crippen LogP contribution in [0.15, 0.2) is 0 Å². The van der Waals surface area contributed by atoms with Gasteiger partial charge in [0.1, 0.15) is 0 Å². The molecule has 47 heavy (non-hydrogen) atoms. The van der Waals surface area contributed by atoms with Crippen molar-refractivity contribution in [3.63, 3.8) is 0 Å². The van der Waals surface area contributed by atoms with Crippen molar-refractivity contribution in [3.8, 4) is 0 Å². The maximum absolute atomic E-state index is 2.31. The topological polar surface area (TPSA) is 0 Å². The van der Waals surface area contributed by atoms with Crippen molar-refractivity contribution in [2.45, 2.75) is 296 Å². The van der Waals surface area contributed by atoms with Crippen molar-refractivity contribution < 1.29 is 0 Å². The molecule has 1 aliphatic carbocycles. The highest BCUT2D eigenvalue weighted by atomic mass is 14.2. The zero-order valence-corrected chi connectivity index (χ0v) is 33.4. The minimum Gasteiger partial charge on any atom is -0.0654 e. The first-order valence-corrected chi connectivity index (χ1v) is 23.4. The zero-order chi connectivity index (χ0) is 33.4. The van der Waals surface area contributed by atoms with E-state index in [9.17, 15) is 0 Å². The summed E-state index contributed by atoms with van der Waals surface area (Å²) in [6.45, 7) is 2.31. The van der Waals surface area contributed by atoms with Crippen molar-refractivity contribution >= 4 is 0 Å². The number of hydrogen-bond donors (Lipinski definition) is 0. The zero-order valence-electron chi connectivity index (χ0n) is 33.4. The van der Waals surface area contributed by atoms with Crippen LogP contribution in [0.2, 0.25) is 0 Å². The summed E-state index contributed by atoms with van der Waals surface area (Å²) in [7, 11) is 0. The molecule has 0 radical (unpaired) electrons. The second kappa shape index (κ2) is 40.4. The van der Waals surface area contributed by atoms with Crippen molar-refractivity contribution in [3.05, 3.63) is 0 Å². The molecule has 0 nitrogen and oxygen atoms in total. The van der Waals surface area contributed by atoms with Gasteiger partial charge < -0.3 is 0 Å². The van der Waals surface area contributed by atoms with Crippen molar-refractivity contribution in [1.82, 2.24) is 0 Å². The van der Waals surface area contributed by atoms with Crippen LogP contribution in [0.4, 0.5) is 0 Å². The van der Waals surface area contributed by atoms with Gasteiger partial charge in [-0.2, -0.15) is 0 Å². The van der Waals surface area contributed by atoms with E-state index in [0.29, 0.717) is 0 Å². The quantitative estimate of drug-likeness (QED) is 0.0575. The fourth-order valence-electron chi connectivity index (χ4n) is 8.52. The lowest BCUT2D eigenvalue weighted by Crippen LogP contribution is -2.05. The van der Waals surface area contributed by atoms with E-state index in [0.717, 1.165) is 5.92 Å². The minimum atomic E-state index is 1.10. The molecular weight excluding hydrogens is 565 g/mol. The first-order valence-electron chi connectivity index (χ1n) is 23.4. The summed E-state index contributed by atoms with van der Waals surface area (Å²) < 4.78 is 0. The second-order valence-electron chi connectivity index (χ2n) is 16.7. The van der Waals surface area contributed by atoms with Gasteiger partial charge in [0.25, 0.3) is 0 Å². The Morgan fingerprint density at radius 3 is 0.638 bits per heavy atom. The third-order valence-corrected chi connectivity index (χ3v) is 11.9. The van der Waals surface area contributed by atoms with Crippen LogP contribution in [-0.4, -0.2) is 0 Å². The number of rotatable bonds is 40. The summed E-state index contributed by atoms with van der Waals surface area (Å²) >= 11 is 0. The summed E-state index contributed by atoms with van der Waals surface area (Å²) in [6.07, 6.45) is 67.4. The van der Waals surface area contributed by atoms with Gasteiger partial charge in [-0.25, -0.2) is 0 Å². The summed E-state index contributed by atoms with van der Waals surface area (Å²) in [4.78, 5) is 0. The van der Waals surface area contributed by atoms with Crippen LogP contribution >= 0.6 is 0 Å². The average Bonchev–Trinajstić information content (AvgIpc) is 3.09. The van der Waals surface area contributed by atoms with Gasteiger partial charge in [0.2, 0.25) is 0 Å². The van der Waals surface area contributed by atoms with Crippen LogP contribution in [0.3, 0.4) is 0 Å². The van der Waals surface area contributed by atoms with Crippen LogP contribution in [0.1, 0.15) is 296 Å². The molecule has 0 atom stereocenters. The van der Waals surface area contributed by atoms with E-state index >= 15 is 0 Å². The third-order valence-electron chi connectivity index (χ3n) is 11.9. The molecule has 282 valence electrons. The van der Waals surface area contributed by atoms with Crippen molar-refractivity contribution in [1.29, 1.82) is 0 Å². The Kier molecular flexibility index (Phi) is 38.7. The standard InChI is InChI=1S/C47H94/c1-2-3-4-5-6-7-8-9-10-11-12-13-14-15-16-17-18-19-20-21-22-23-24-25-26-27-28-29-30-31-32-33-34-35-36-37-38-39-41-44-47-45-42-40-43-46-47/h47H,2-46H2,1H3. The van der Waals surface area contributed by atoms with E-state index < -0.39 is 0 Å². The molecule has 0 bridgehead atoms. The Bertz CT molecular complexity index is 530. The van der Waals surface area contributed by atoms with Gasteiger partial charge in [-0.1, -0.05) is 296 Å². The molecule has 0 spiro atoms. The van der Waals surface area contributed by atoms with E-state index in [4.69, 9.17) is 0 Å². The van der Waals surface area contributed by atoms with Crippen LogP contribution < -0.4 is 0 Å². The molecule has 1 fully saturated rings. The molecule has 1 rings (SSSR count). The molecule has 0 saturated heterocycles. The van der Waals surface area contributed by atoms with E-state index in [1.54, 1.807) is 19.3 Å². The minimum absolute atomic E-state index is 1.10. The van der Waals surface area contributed by atoms with Crippen LogP contribution in [0.25, 0.3) is 0 Å². The molecule has 0 aliphatic heterocycles. The highest BCUT2D eigenvalue weighted by Crippen LogP contribution is 2.28. The Hall–Kier alpha value is 0. The van der Waals surface area contributed by atoms with Gasteiger partial charge in [-0.15, -0.1) is 0 Å². The molecule has 0 unspecified atom stereocenters. The summed E-state index contributed by atoms with van der Waals surface area (Å²) in [5.74, 6) is 1.10. The Labute approximate surface area is 301 Å². The van der Waals surface area contributed by atoms with Crippen LogP contribution in [-0.2, 0) is 0 Å². The first-order chi connectivity index (χ1) is 23.4. The normalized spacial score (nSPS) is 14.0. The lowest BCUT2D eigenvalue weighted by atomic mass is 9.85. The largest absolute Gasteiger partial charge is 0.0654 e. The van der Waals surface area contributed by atoms with Gasteiger partial charge in [-0.05, 0) is 5.92 Å². The predicted octanol–water partition coefficient (Wildman–Crippen LogP) is 18.2. The van der Waals surface area contributed by atoms with Gasteiger partial charge in [0, 0.05) is 0 Å². The maximum Gasteiger partial charge on any atom is -0.0414 e. The van der Waals surface area contributed by atoms with Gasteiger partial charge in [-0.3, -0.25) is 0 Å². The van der Waals surface area contributed by atoms with Gasteiger partial charge in [0.15, 0.2) is 0 Å². The maximum atomic E-state index is 2.31. The predicted molar refractivity (Wildman–Crippen MR) is 217 cm³/mol. The van der Waals surface area contributed by atoms with Gasteiger partial charge in [0.05, 0.1) is 0 Å². The molecule has 0 heteroatoms. The summed E-state index contributed by atoms with van der Waals surface area (Å²) in [6, 6.07) is 0. The fourth-order valence-corrected chi connectivity index (χ4v) is 8.52. The molecule has 0 N–H and O–H groups in total. The van der Waals surface area contributed by atoms with Gasteiger partial charge >= 0.3 is 0 Å². The molecule has 0 amide bonds. The molecule has 0 heterocycles. The van der Waals surface area contributed by atoms with Crippen LogP contribution in [0, 0.1) is 5.92 Å². The molecular formula is C47H94. The smallest absolute Gasteiger partial charge is 0.0414 e. The van der Waals surface area contributed by atoms with E-state index in [-0.39, 0.29) is 0 Å². The molecule has 1 saturated carbocycles. The SMILES string of the molecule is CCCCCCCCCCCCCCCCCCCCCCCCCCCCCCCCCCCCCCCCCC1CCCCC1. The Morgan fingerprint density at radius 1 is 0.234 bits per heavy atom. The highest BCUT2D eigenvalue weighted by molar-refractivity contribution is 4.65. The molecule has 0 aromatic rings. The van der Waals surface area contributed by atoms with Crippen molar-refractivity contribution in [2.75, 3.05) is 0 Å². The van der Waals surface area contributed by atoms with Crippen LogP contribution in [0.5, 0.6) is 0 Å². The third kappa shape index (κ3) is 37.1. The Morgan fingerprint density at radius 2 is 0.426 bits per heavy atom. The molecule has 0 aromatic carbocycles. The highest BCUT2D eigenvalue weighted by Gasteiger charge is 2.12. The lowest BCUT2D eigenvalue weighted by molar-refractivity contribution is 0.328. The summed E-state index contributed by atoms with van der Waals surface area (Å²) in [5.41, 5.74) is 0.